The minimum Gasteiger partial charge on any atom is -0.378 e. The summed E-state index contributed by atoms with van der Waals surface area (Å²) in [5.74, 6) is 0.914. The highest BCUT2D eigenvalue weighted by Gasteiger charge is 2.14. The van der Waals surface area contributed by atoms with Crippen LogP contribution in [0.25, 0.3) is 0 Å². The Kier molecular flexibility index (Phi) is 5.28. The van der Waals surface area contributed by atoms with E-state index in [0.717, 1.165) is 40.8 Å². The summed E-state index contributed by atoms with van der Waals surface area (Å²) in [6, 6.07) is 8.27. The zero-order valence-corrected chi connectivity index (χ0v) is 12.6. The number of morpholine rings is 1. The van der Waals surface area contributed by atoms with E-state index in [1.807, 2.05) is 6.07 Å². The molecule has 5 heteroatoms. The summed E-state index contributed by atoms with van der Waals surface area (Å²) < 4.78 is 7.44. The third kappa shape index (κ3) is 3.95. The molecule has 1 aromatic rings. The van der Waals surface area contributed by atoms with Crippen LogP contribution in [0.3, 0.4) is 0 Å². The lowest BCUT2D eigenvalue weighted by Crippen LogP contribution is -2.38. The second-order valence-corrected chi connectivity index (χ2v) is 6.21. The normalized spacial score (nSPS) is 15.9. The number of nitrogens with zero attached hydrogens (tertiary/aromatic N) is 1. The third-order valence-electron chi connectivity index (χ3n) is 2.58. The van der Waals surface area contributed by atoms with Gasteiger partial charge in [0.2, 0.25) is 0 Å². The summed E-state index contributed by atoms with van der Waals surface area (Å²) >= 11 is 10.7. The molecule has 0 unspecified atom stereocenters. The number of hydrogen-bond acceptors (Lipinski definition) is 3. The van der Waals surface area contributed by atoms with E-state index in [1.54, 1.807) is 11.8 Å². The molecule has 1 saturated heterocycles. The zero-order valence-electron chi connectivity index (χ0n) is 9.39. The predicted molar refractivity (Wildman–Crippen MR) is 80.4 cm³/mol. The monoisotopic (exact) mass is 331 g/mol. The largest absolute Gasteiger partial charge is 0.378 e. The van der Waals surface area contributed by atoms with E-state index in [4.69, 9.17) is 17.0 Å². The van der Waals surface area contributed by atoms with Crippen molar-refractivity contribution in [3.8, 4) is 0 Å². The van der Waals surface area contributed by atoms with Gasteiger partial charge in [-0.15, -0.1) is 0 Å². The van der Waals surface area contributed by atoms with Gasteiger partial charge in [-0.1, -0.05) is 58.1 Å². The summed E-state index contributed by atoms with van der Waals surface area (Å²) in [6.45, 7) is 3.41. The Morgan fingerprint density at radius 3 is 2.76 bits per heavy atom. The van der Waals surface area contributed by atoms with Crippen molar-refractivity contribution in [1.29, 1.82) is 0 Å². The number of halogens is 1. The van der Waals surface area contributed by atoms with Gasteiger partial charge in [-0.2, -0.15) is 0 Å². The highest BCUT2D eigenvalue weighted by Crippen LogP contribution is 2.23. The van der Waals surface area contributed by atoms with Crippen LogP contribution in [0.2, 0.25) is 0 Å². The van der Waals surface area contributed by atoms with Crippen molar-refractivity contribution in [3.63, 3.8) is 0 Å². The molecule has 1 heterocycles. The van der Waals surface area contributed by atoms with E-state index < -0.39 is 0 Å². The van der Waals surface area contributed by atoms with Gasteiger partial charge in [0, 0.05) is 23.3 Å². The van der Waals surface area contributed by atoms with Crippen LogP contribution in [0.4, 0.5) is 0 Å². The van der Waals surface area contributed by atoms with Crippen molar-refractivity contribution in [2.75, 3.05) is 26.3 Å². The number of hydrogen-bond donors (Lipinski definition) is 0. The Hall–Kier alpha value is -0.100. The molecule has 0 aromatic heterocycles. The first-order valence-corrected chi connectivity index (χ1v) is 7.69. The molecule has 2 nitrogen and oxygen atoms in total. The highest BCUT2D eigenvalue weighted by molar-refractivity contribution is 9.10. The first kappa shape index (κ1) is 13.3. The topological polar surface area (TPSA) is 12.5 Å². The average molecular weight is 332 g/mol. The molecule has 1 fully saturated rings. The lowest BCUT2D eigenvalue weighted by molar-refractivity contribution is 0.0702. The molecule has 0 saturated carbocycles. The Labute approximate surface area is 120 Å². The predicted octanol–water partition coefficient (Wildman–Crippen LogP) is 3.30. The molecular weight excluding hydrogens is 318 g/mol. The van der Waals surface area contributed by atoms with Gasteiger partial charge in [-0.05, 0) is 11.6 Å². The van der Waals surface area contributed by atoms with Crippen LogP contribution in [0.15, 0.2) is 28.7 Å². The van der Waals surface area contributed by atoms with E-state index in [1.165, 1.54) is 5.56 Å². The van der Waals surface area contributed by atoms with Crippen LogP contribution >= 0.6 is 39.9 Å². The molecule has 0 radical (unpaired) electrons. The minimum absolute atomic E-state index is 0.787. The molecule has 0 atom stereocenters. The van der Waals surface area contributed by atoms with Crippen molar-refractivity contribution in [1.82, 2.24) is 4.90 Å². The molecule has 0 bridgehead atoms. The molecule has 2 rings (SSSR count). The number of rotatable bonds is 2. The molecule has 1 aliphatic rings. The van der Waals surface area contributed by atoms with Gasteiger partial charge in [0.1, 0.15) is 4.32 Å². The number of thiocarbonyl (C=S) groups is 1. The van der Waals surface area contributed by atoms with Crippen LogP contribution < -0.4 is 0 Å². The molecule has 1 aliphatic heterocycles. The smallest absolute Gasteiger partial charge is 0.136 e. The SMILES string of the molecule is S=C(SCc1ccccc1Br)N1CCOCC1. The summed E-state index contributed by atoms with van der Waals surface area (Å²) in [5.41, 5.74) is 1.29. The Morgan fingerprint density at radius 1 is 1.35 bits per heavy atom. The van der Waals surface area contributed by atoms with Crippen LogP contribution in [-0.4, -0.2) is 35.5 Å². The van der Waals surface area contributed by atoms with Gasteiger partial charge < -0.3 is 9.64 Å². The molecule has 92 valence electrons. The highest BCUT2D eigenvalue weighted by atomic mass is 79.9. The summed E-state index contributed by atoms with van der Waals surface area (Å²) in [5, 5.41) is 0. The zero-order chi connectivity index (χ0) is 12.1. The molecule has 0 N–H and O–H groups in total. The van der Waals surface area contributed by atoms with Crippen LogP contribution in [0.1, 0.15) is 5.56 Å². The van der Waals surface area contributed by atoms with Crippen molar-refractivity contribution in [3.05, 3.63) is 34.3 Å². The van der Waals surface area contributed by atoms with Crippen LogP contribution in [0.5, 0.6) is 0 Å². The number of benzene rings is 1. The van der Waals surface area contributed by atoms with Gasteiger partial charge in [0.05, 0.1) is 13.2 Å². The Morgan fingerprint density at radius 2 is 2.06 bits per heavy atom. The van der Waals surface area contributed by atoms with Crippen molar-refractivity contribution in [2.24, 2.45) is 0 Å². The first-order chi connectivity index (χ1) is 8.27. The fourth-order valence-electron chi connectivity index (χ4n) is 1.59. The lowest BCUT2D eigenvalue weighted by atomic mass is 10.2. The Balaban J connectivity index is 1.85. The van der Waals surface area contributed by atoms with E-state index in [9.17, 15) is 0 Å². The molecule has 0 spiro atoms. The van der Waals surface area contributed by atoms with Gasteiger partial charge in [-0.3, -0.25) is 0 Å². The first-order valence-electron chi connectivity index (χ1n) is 5.50. The molecule has 0 aliphatic carbocycles. The van der Waals surface area contributed by atoms with Gasteiger partial charge in [0.15, 0.2) is 0 Å². The van der Waals surface area contributed by atoms with Gasteiger partial charge in [-0.25, -0.2) is 0 Å². The second kappa shape index (κ2) is 6.73. The maximum atomic E-state index is 5.43. The summed E-state index contributed by atoms with van der Waals surface area (Å²) in [6.07, 6.45) is 0. The number of thioether (sulfide) groups is 1. The molecular formula is C12H14BrNOS2. The Bertz CT molecular complexity index is 394. The van der Waals surface area contributed by atoms with Gasteiger partial charge >= 0.3 is 0 Å². The van der Waals surface area contributed by atoms with Crippen molar-refractivity contribution in [2.45, 2.75) is 5.75 Å². The molecule has 0 amide bonds. The van der Waals surface area contributed by atoms with Crippen LogP contribution in [0, 0.1) is 0 Å². The van der Waals surface area contributed by atoms with Crippen molar-refractivity contribution >= 4 is 44.2 Å². The molecule has 17 heavy (non-hydrogen) atoms. The van der Waals surface area contributed by atoms with Gasteiger partial charge in [0.25, 0.3) is 0 Å². The maximum Gasteiger partial charge on any atom is 0.136 e. The van der Waals surface area contributed by atoms with Crippen LogP contribution in [-0.2, 0) is 10.5 Å². The number of ether oxygens (including phenoxy) is 1. The molecule has 1 aromatic carbocycles. The standard InChI is InChI=1S/C12H14BrNOS2/c13-11-4-2-1-3-10(11)9-17-12(16)14-5-7-15-8-6-14/h1-4H,5-9H2. The van der Waals surface area contributed by atoms with E-state index >= 15 is 0 Å². The maximum absolute atomic E-state index is 5.43. The second-order valence-electron chi connectivity index (χ2n) is 3.75. The average Bonchev–Trinajstić information content (AvgIpc) is 2.38. The van der Waals surface area contributed by atoms with E-state index in [-0.39, 0.29) is 0 Å². The van der Waals surface area contributed by atoms with E-state index in [2.05, 4.69) is 39.0 Å². The van der Waals surface area contributed by atoms with E-state index in [0.29, 0.717) is 0 Å². The summed E-state index contributed by atoms with van der Waals surface area (Å²) in [4.78, 5) is 2.22. The third-order valence-corrected chi connectivity index (χ3v) is 4.92. The quantitative estimate of drug-likeness (QED) is 0.770. The summed E-state index contributed by atoms with van der Waals surface area (Å²) in [7, 11) is 0. The fraction of sp³-hybridized carbons (Fsp3) is 0.417. The lowest BCUT2D eigenvalue weighted by Gasteiger charge is -2.28. The van der Waals surface area contributed by atoms with Crippen molar-refractivity contribution < 1.29 is 4.74 Å². The minimum atomic E-state index is 0.787. The fourth-order valence-corrected chi connectivity index (χ4v) is 3.46.